The number of aliphatic hydroxyl groups excluding tert-OH is 3. The number of nitrogens with one attached hydrogen (secondary N) is 8. The first-order chi connectivity index (χ1) is 30.3. The van der Waals surface area contributed by atoms with Gasteiger partial charge < -0.3 is 72.3 Å². The van der Waals surface area contributed by atoms with Gasteiger partial charge in [-0.2, -0.15) is 0 Å². The van der Waals surface area contributed by atoms with E-state index in [1.54, 1.807) is 32.0 Å². The van der Waals surface area contributed by atoms with E-state index in [4.69, 9.17) is 4.74 Å². The van der Waals surface area contributed by atoms with Crippen molar-refractivity contribution in [3.8, 4) is 5.75 Å². The quantitative estimate of drug-likeness (QED) is 0.120. The van der Waals surface area contributed by atoms with Crippen LogP contribution in [0.3, 0.4) is 0 Å². The number of carboxylic acid groups (broad SMARTS) is 1. The molecule has 1 saturated heterocycles. The third-order valence-electron chi connectivity index (χ3n) is 11.6. The van der Waals surface area contributed by atoms with Crippen LogP contribution in [-0.2, 0) is 49.6 Å². The number of aromatic nitrogens is 1. The molecule has 1 aromatic heterocycles. The highest BCUT2D eigenvalue weighted by atomic mass is 32.2. The first-order valence-corrected chi connectivity index (χ1v) is 21.7. The van der Waals surface area contributed by atoms with Crippen molar-refractivity contribution in [2.45, 2.75) is 99.9 Å². The van der Waals surface area contributed by atoms with E-state index in [1.165, 1.54) is 14.0 Å². The van der Waals surface area contributed by atoms with Crippen LogP contribution in [0.2, 0.25) is 0 Å². The average Bonchev–Trinajstić information content (AvgIpc) is 3.83. The number of nitrogens with zero attached hydrogens (tertiary/aromatic N) is 1. The Morgan fingerprint density at radius 2 is 1.56 bits per heavy atom. The van der Waals surface area contributed by atoms with Crippen LogP contribution in [0, 0.1) is 11.8 Å². The Hall–Kier alpha value is -5.98. The molecule has 1 aromatic carbocycles. The average molecular weight is 918 g/mol. The standard InChI is InChI=1S/C40H55N9O14S/c1-5-17(2)32-37(60)42-12-29(53)43-26-16-64-39-22(21-7-6-20(63-4)9-23(21)46-39)10-24(34(57)41-13-30(54)47-32)44-38(61)33(18(3)28(52)15-50)48-36(59)27-8-19(51)14-49(27)40(62)25(11-31(55)56)45-35(26)58/h6-7,9,17-19,24-28,32-33,46,50-52H,5,8,10-16H2,1-4H3,(H,41,57)(H,42,60)(H,43,53)(H,44,61)(H,45,58)(H,47,54)(H,48,59)(H,55,56)/t17-,18-,19+,24-,25?,26+,27?,28-,32-,33+/m0/s1. The number of H-pyrrole nitrogens is 1. The number of aromatic amines is 1. The smallest absolute Gasteiger partial charge is 0.305 e. The van der Waals surface area contributed by atoms with E-state index in [0.29, 0.717) is 33.7 Å². The molecule has 3 aliphatic heterocycles. The molecule has 0 radical (unpaired) electrons. The lowest BCUT2D eigenvalue weighted by molar-refractivity contribution is -0.146. The molecule has 350 valence electrons. The number of hydrogen-bond donors (Lipinski definition) is 12. The second-order valence-electron chi connectivity index (χ2n) is 16.1. The van der Waals surface area contributed by atoms with E-state index in [2.05, 4.69) is 42.2 Å². The van der Waals surface area contributed by atoms with Crippen LogP contribution in [0.25, 0.3) is 10.9 Å². The van der Waals surface area contributed by atoms with Crippen molar-refractivity contribution >= 4 is 75.9 Å². The summed E-state index contributed by atoms with van der Waals surface area (Å²) in [5, 5.41) is 59.5. The third-order valence-corrected chi connectivity index (χ3v) is 12.7. The largest absolute Gasteiger partial charge is 0.497 e. The third kappa shape index (κ3) is 11.8. The number of rotatable bonds is 8. The van der Waals surface area contributed by atoms with Crippen molar-refractivity contribution in [1.82, 2.24) is 47.1 Å². The fourth-order valence-corrected chi connectivity index (χ4v) is 8.77. The molecule has 24 heteroatoms. The van der Waals surface area contributed by atoms with E-state index < -0.39 is 153 Å². The Bertz CT molecular complexity index is 2140. The molecule has 3 aliphatic rings. The second kappa shape index (κ2) is 21.6. The number of carboxylic acids is 1. The first kappa shape index (κ1) is 49.0. The lowest BCUT2D eigenvalue weighted by Crippen LogP contribution is -2.62. The number of hydrogen-bond acceptors (Lipinski definition) is 14. The predicted octanol–water partition coefficient (Wildman–Crippen LogP) is -4.03. The normalized spacial score (nSPS) is 27.3. The second-order valence-corrected chi connectivity index (χ2v) is 17.1. The van der Waals surface area contributed by atoms with Crippen molar-refractivity contribution in [2.24, 2.45) is 11.8 Å². The number of aliphatic hydroxyl groups is 3. The van der Waals surface area contributed by atoms with Gasteiger partial charge in [-0.05, 0) is 23.6 Å². The van der Waals surface area contributed by atoms with E-state index in [9.17, 15) is 63.6 Å². The molecule has 0 aliphatic carbocycles. The molecule has 0 spiro atoms. The lowest BCUT2D eigenvalue weighted by atomic mass is 9.93. The summed E-state index contributed by atoms with van der Waals surface area (Å²) in [5.41, 5.74) is 0.866. The highest BCUT2D eigenvalue weighted by molar-refractivity contribution is 7.99. The monoisotopic (exact) mass is 917 g/mol. The van der Waals surface area contributed by atoms with Crippen molar-refractivity contribution in [2.75, 3.05) is 39.1 Å². The van der Waals surface area contributed by atoms with Gasteiger partial charge >= 0.3 is 5.97 Å². The zero-order chi connectivity index (χ0) is 47.0. The molecule has 5 rings (SSSR count). The molecule has 2 bridgehead atoms. The Morgan fingerprint density at radius 3 is 2.22 bits per heavy atom. The van der Waals surface area contributed by atoms with Crippen LogP contribution in [-0.4, -0.2) is 171 Å². The molecular weight excluding hydrogens is 863 g/mol. The van der Waals surface area contributed by atoms with Crippen LogP contribution in [0.15, 0.2) is 23.2 Å². The lowest BCUT2D eigenvalue weighted by Gasteiger charge is -2.32. The summed E-state index contributed by atoms with van der Waals surface area (Å²) < 4.78 is 5.40. The Morgan fingerprint density at radius 1 is 0.875 bits per heavy atom. The van der Waals surface area contributed by atoms with Gasteiger partial charge in [-0.25, -0.2) is 0 Å². The molecule has 2 aromatic rings. The maximum absolute atomic E-state index is 14.4. The molecule has 10 atom stereocenters. The molecule has 4 heterocycles. The SMILES string of the molecule is CC[C@H](C)[C@@H]1NC(=O)CNC(=O)[C@@H]2Cc3c([nH]c4cc(OC)ccc34)SC[C@@H](NC(=O)CNC1=O)C(=O)NC(CC(=O)O)C(=O)N1C[C@H](O)CC1C(=O)N[C@H]([C@@H](C)[C@@H](O)CO)C(=O)N2. The number of carbonyl (C=O) groups excluding carboxylic acids is 8. The van der Waals surface area contributed by atoms with Gasteiger partial charge in [0.15, 0.2) is 0 Å². The molecule has 0 saturated carbocycles. The zero-order valence-electron chi connectivity index (χ0n) is 35.6. The van der Waals surface area contributed by atoms with E-state index >= 15 is 0 Å². The van der Waals surface area contributed by atoms with Gasteiger partial charge in [-0.3, -0.25) is 43.2 Å². The molecule has 8 amide bonds. The number of benzene rings is 1. The van der Waals surface area contributed by atoms with Crippen molar-refractivity contribution in [3.05, 3.63) is 23.8 Å². The minimum absolute atomic E-state index is 0.308. The summed E-state index contributed by atoms with van der Waals surface area (Å²) in [7, 11) is 1.44. The van der Waals surface area contributed by atoms with Crippen molar-refractivity contribution in [1.29, 1.82) is 0 Å². The molecule has 2 unspecified atom stereocenters. The Balaban J connectivity index is 1.71. The van der Waals surface area contributed by atoms with Crippen molar-refractivity contribution < 1.29 is 68.3 Å². The van der Waals surface area contributed by atoms with Gasteiger partial charge in [0.25, 0.3) is 0 Å². The highest BCUT2D eigenvalue weighted by Crippen LogP contribution is 2.34. The Kier molecular flexibility index (Phi) is 16.6. The summed E-state index contributed by atoms with van der Waals surface area (Å²) >= 11 is 0.973. The molecule has 64 heavy (non-hydrogen) atoms. The number of ether oxygens (including phenoxy) is 1. The van der Waals surface area contributed by atoms with Crippen LogP contribution < -0.4 is 42.0 Å². The van der Waals surface area contributed by atoms with E-state index in [0.717, 1.165) is 16.7 Å². The van der Waals surface area contributed by atoms with Crippen LogP contribution in [0.1, 0.15) is 45.6 Å². The van der Waals surface area contributed by atoms with Crippen LogP contribution >= 0.6 is 11.8 Å². The summed E-state index contributed by atoms with van der Waals surface area (Å²) in [5.74, 6) is -10.7. The molecule has 23 nitrogen and oxygen atoms in total. The number of methoxy groups -OCH3 is 1. The van der Waals surface area contributed by atoms with Gasteiger partial charge in [0.2, 0.25) is 47.3 Å². The number of fused-ring (bicyclic) bond motifs is 5. The van der Waals surface area contributed by atoms with Crippen LogP contribution in [0.5, 0.6) is 5.75 Å². The fraction of sp³-hybridized carbons (Fsp3) is 0.575. The molecule has 12 N–H and O–H groups in total. The minimum atomic E-state index is -1.86. The van der Waals surface area contributed by atoms with Gasteiger partial charge in [0.1, 0.15) is 42.0 Å². The Labute approximate surface area is 370 Å². The zero-order valence-corrected chi connectivity index (χ0v) is 36.4. The van der Waals surface area contributed by atoms with Gasteiger partial charge in [-0.1, -0.05) is 27.2 Å². The van der Waals surface area contributed by atoms with E-state index in [-0.39, 0.29) is 12.2 Å². The summed E-state index contributed by atoms with van der Waals surface area (Å²) in [4.78, 5) is 128. The summed E-state index contributed by atoms with van der Waals surface area (Å²) in [6.07, 6.45) is -4.24. The maximum atomic E-state index is 14.4. The number of thioether (sulfide) groups is 1. The topological polar surface area (TPSA) is 347 Å². The summed E-state index contributed by atoms with van der Waals surface area (Å²) in [6, 6.07) is -4.47. The summed E-state index contributed by atoms with van der Waals surface area (Å²) in [6.45, 7) is 2.05. The predicted molar refractivity (Wildman–Crippen MR) is 225 cm³/mol. The molecular formula is C40H55N9O14S. The molecule has 1 fully saturated rings. The number of carbonyl (C=O) groups is 9. The maximum Gasteiger partial charge on any atom is 0.305 e. The van der Waals surface area contributed by atoms with Crippen LogP contribution in [0.4, 0.5) is 0 Å². The minimum Gasteiger partial charge on any atom is -0.497 e. The van der Waals surface area contributed by atoms with Gasteiger partial charge in [0, 0.05) is 42.5 Å². The first-order valence-electron chi connectivity index (χ1n) is 20.7. The van der Waals surface area contributed by atoms with Gasteiger partial charge in [0.05, 0.1) is 56.0 Å². The highest BCUT2D eigenvalue weighted by Gasteiger charge is 2.45. The fourth-order valence-electron chi connectivity index (χ4n) is 7.65. The van der Waals surface area contributed by atoms with E-state index in [1.807, 2.05) is 0 Å². The number of aliphatic carboxylic acids is 1. The van der Waals surface area contributed by atoms with Gasteiger partial charge in [-0.15, -0.1) is 11.8 Å². The number of amides is 8. The van der Waals surface area contributed by atoms with Crippen molar-refractivity contribution in [3.63, 3.8) is 0 Å².